The summed E-state index contributed by atoms with van der Waals surface area (Å²) < 4.78 is 5.25. The molecule has 4 nitrogen and oxygen atoms in total. The topological polar surface area (TPSA) is 38.8 Å². The summed E-state index contributed by atoms with van der Waals surface area (Å²) in [6, 6.07) is 7.77. The van der Waals surface area contributed by atoms with Gasteiger partial charge in [-0.25, -0.2) is 5.06 Å². The number of hydrogen-bond acceptors (Lipinski definition) is 3. The van der Waals surface area contributed by atoms with Gasteiger partial charge in [0.1, 0.15) is 5.75 Å². The Morgan fingerprint density at radius 1 is 1.47 bits per heavy atom. The van der Waals surface area contributed by atoms with E-state index in [2.05, 4.69) is 0 Å². The van der Waals surface area contributed by atoms with Gasteiger partial charge in [-0.2, -0.15) is 0 Å². The van der Waals surface area contributed by atoms with Crippen molar-refractivity contribution in [2.45, 2.75) is 19.3 Å². The van der Waals surface area contributed by atoms with Crippen molar-refractivity contribution in [1.82, 2.24) is 5.06 Å². The van der Waals surface area contributed by atoms with Gasteiger partial charge in [-0.05, 0) is 24.5 Å². The molecule has 1 aromatic rings. The van der Waals surface area contributed by atoms with Crippen LogP contribution in [0.25, 0.3) is 0 Å². The normalized spacial score (nSPS) is 15.0. The third-order valence-electron chi connectivity index (χ3n) is 2.83. The van der Waals surface area contributed by atoms with Crippen molar-refractivity contribution >= 4 is 5.91 Å². The van der Waals surface area contributed by atoms with Crippen LogP contribution in [0.5, 0.6) is 5.75 Å². The molecule has 1 aliphatic rings. The molecule has 1 heterocycles. The molecule has 0 spiro atoms. The summed E-state index contributed by atoms with van der Waals surface area (Å²) >= 11 is 0. The lowest BCUT2D eigenvalue weighted by molar-refractivity contribution is -0.168. The van der Waals surface area contributed by atoms with Crippen molar-refractivity contribution in [1.29, 1.82) is 0 Å². The SMILES string of the molecule is COc1ccccc1CCC(=O)N1CCCO1. The van der Waals surface area contributed by atoms with Crippen LogP contribution in [0.1, 0.15) is 18.4 Å². The number of nitrogens with zero attached hydrogens (tertiary/aromatic N) is 1. The smallest absolute Gasteiger partial charge is 0.246 e. The first kappa shape index (κ1) is 11.9. The number of hydrogen-bond donors (Lipinski definition) is 0. The maximum atomic E-state index is 11.8. The Balaban J connectivity index is 1.90. The fourth-order valence-electron chi connectivity index (χ4n) is 1.92. The Morgan fingerprint density at radius 2 is 2.29 bits per heavy atom. The molecule has 0 atom stereocenters. The van der Waals surface area contributed by atoms with Crippen LogP contribution in [0.15, 0.2) is 24.3 Å². The van der Waals surface area contributed by atoms with E-state index in [-0.39, 0.29) is 5.91 Å². The molecular weight excluding hydrogens is 218 g/mol. The Bertz CT molecular complexity index is 386. The van der Waals surface area contributed by atoms with E-state index in [9.17, 15) is 4.79 Å². The molecule has 4 heteroatoms. The lowest BCUT2D eigenvalue weighted by Gasteiger charge is -2.14. The summed E-state index contributed by atoms with van der Waals surface area (Å²) in [5.74, 6) is 0.885. The largest absolute Gasteiger partial charge is 0.496 e. The third kappa shape index (κ3) is 2.97. The Morgan fingerprint density at radius 3 is 3.00 bits per heavy atom. The van der Waals surface area contributed by atoms with Gasteiger partial charge in [0.05, 0.1) is 20.3 Å². The second-order valence-corrected chi connectivity index (χ2v) is 3.99. The summed E-state index contributed by atoms with van der Waals surface area (Å²) in [6.07, 6.45) is 2.07. The Labute approximate surface area is 101 Å². The predicted octanol–water partition coefficient (Wildman–Crippen LogP) is 1.79. The summed E-state index contributed by atoms with van der Waals surface area (Å²) in [5, 5.41) is 1.47. The molecule has 2 rings (SSSR count). The van der Waals surface area contributed by atoms with Gasteiger partial charge in [0.2, 0.25) is 5.91 Å². The zero-order chi connectivity index (χ0) is 12.1. The van der Waals surface area contributed by atoms with Crippen LogP contribution in [0, 0.1) is 0 Å². The van der Waals surface area contributed by atoms with Crippen molar-refractivity contribution in [3.8, 4) is 5.75 Å². The zero-order valence-corrected chi connectivity index (χ0v) is 10.0. The van der Waals surface area contributed by atoms with Crippen molar-refractivity contribution in [3.63, 3.8) is 0 Å². The van der Waals surface area contributed by atoms with Crippen molar-refractivity contribution in [2.24, 2.45) is 0 Å². The number of ether oxygens (including phenoxy) is 1. The van der Waals surface area contributed by atoms with E-state index in [4.69, 9.17) is 9.57 Å². The molecular formula is C13H17NO3. The fourth-order valence-corrected chi connectivity index (χ4v) is 1.92. The molecule has 17 heavy (non-hydrogen) atoms. The average molecular weight is 235 g/mol. The van der Waals surface area contributed by atoms with Gasteiger partial charge < -0.3 is 4.74 Å². The second kappa shape index (κ2) is 5.68. The van der Waals surface area contributed by atoms with Crippen LogP contribution in [0.2, 0.25) is 0 Å². The summed E-state index contributed by atoms with van der Waals surface area (Å²) in [7, 11) is 1.64. The first-order valence-corrected chi connectivity index (χ1v) is 5.86. The van der Waals surface area contributed by atoms with Crippen molar-refractivity contribution in [3.05, 3.63) is 29.8 Å². The van der Waals surface area contributed by atoms with E-state index in [1.54, 1.807) is 7.11 Å². The number of carbonyl (C=O) groups excluding carboxylic acids is 1. The molecule has 1 aromatic carbocycles. The predicted molar refractivity (Wildman–Crippen MR) is 63.6 cm³/mol. The number of amides is 1. The van der Waals surface area contributed by atoms with Gasteiger partial charge >= 0.3 is 0 Å². The Hall–Kier alpha value is -1.55. The van der Waals surface area contributed by atoms with Gasteiger partial charge in [-0.3, -0.25) is 9.63 Å². The van der Waals surface area contributed by atoms with E-state index in [1.165, 1.54) is 5.06 Å². The molecule has 0 radical (unpaired) electrons. The lowest BCUT2D eigenvalue weighted by Crippen LogP contribution is -2.26. The van der Waals surface area contributed by atoms with E-state index in [0.717, 1.165) is 17.7 Å². The molecule has 0 unspecified atom stereocenters. The highest BCUT2D eigenvalue weighted by molar-refractivity contribution is 5.75. The van der Waals surface area contributed by atoms with Gasteiger partial charge in [0.15, 0.2) is 0 Å². The standard InChI is InChI=1S/C13H17NO3/c1-16-12-6-3-2-5-11(12)7-8-13(15)14-9-4-10-17-14/h2-3,5-6H,4,7-10H2,1H3. The van der Waals surface area contributed by atoms with Crippen LogP contribution in [-0.2, 0) is 16.1 Å². The van der Waals surface area contributed by atoms with E-state index < -0.39 is 0 Å². The average Bonchev–Trinajstić information content (AvgIpc) is 2.90. The molecule has 0 N–H and O–H groups in total. The summed E-state index contributed by atoms with van der Waals surface area (Å²) in [4.78, 5) is 17.0. The molecule has 0 bridgehead atoms. The van der Waals surface area contributed by atoms with Crippen molar-refractivity contribution < 1.29 is 14.4 Å². The molecule has 1 aliphatic heterocycles. The van der Waals surface area contributed by atoms with Crippen molar-refractivity contribution in [2.75, 3.05) is 20.3 Å². The second-order valence-electron chi connectivity index (χ2n) is 3.99. The van der Waals surface area contributed by atoms with Gasteiger partial charge in [0, 0.05) is 6.42 Å². The maximum Gasteiger partial charge on any atom is 0.246 e. The van der Waals surface area contributed by atoms with Crippen LogP contribution in [0.4, 0.5) is 0 Å². The number of rotatable bonds is 4. The van der Waals surface area contributed by atoms with E-state index >= 15 is 0 Å². The summed E-state index contributed by atoms with van der Waals surface area (Å²) in [6.45, 7) is 1.37. The molecule has 0 aromatic heterocycles. The van der Waals surface area contributed by atoms with E-state index in [1.807, 2.05) is 24.3 Å². The molecule has 92 valence electrons. The Kier molecular flexibility index (Phi) is 3.98. The highest BCUT2D eigenvalue weighted by atomic mass is 16.7. The summed E-state index contributed by atoms with van der Waals surface area (Å²) in [5.41, 5.74) is 1.06. The van der Waals surface area contributed by atoms with Gasteiger partial charge in [-0.15, -0.1) is 0 Å². The lowest BCUT2D eigenvalue weighted by atomic mass is 10.1. The fraction of sp³-hybridized carbons (Fsp3) is 0.462. The monoisotopic (exact) mass is 235 g/mol. The van der Waals surface area contributed by atoms with Gasteiger partial charge in [0.25, 0.3) is 0 Å². The minimum atomic E-state index is 0.0495. The molecule has 0 aliphatic carbocycles. The van der Waals surface area contributed by atoms with Gasteiger partial charge in [-0.1, -0.05) is 18.2 Å². The highest BCUT2D eigenvalue weighted by Gasteiger charge is 2.19. The zero-order valence-electron chi connectivity index (χ0n) is 10.0. The van der Waals surface area contributed by atoms with Crippen LogP contribution in [-0.4, -0.2) is 31.2 Å². The number of carbonyl (C=O) groups is 1. The molecule has 0 saturated carbocycles. The minimum absolute atomic E-state index is 0.0495. The minimum Gasteiger partial charge on any atom is -0.496 e. The number of aryl methyl sites for hydroxylation is 1. The molecule has 1 saturated heterocycles. The highest BCUT2D eigenvalue weighted by Crippen LogP contribution is 2.19. The van der Waals surface area contributed by atoms with E-state index in [0.29, 0.717) is 26.0 Å². The first-order valence-electron chi connectivity index (χ1n) is 5.86. The maximum absolute atomic E-state index is 11.8. The molecule has 1 fully saturated rings. The van der Waals surface area contributed by atoms with Crippen LogP contribution < -0.4 is 4.74 Å². The number of benzene rings is 1. The first-order chi connectivity index (χ1) is 8.31. The number of hydroxylamine groups is 2. The number of methoxy groups -OCH3 is 1. The van der Waals surface area contributed by atoms with Crippen LogP contribution >= 0.6 is 0 Å². The number of para-hydroxylation sites is 1. The molecule has 1 amide bonds. The van der Waals surface area contributed by atoms with Crippen LogP contribution in [0.3, 0.4) is 0 Å². The quantitative estimate of drug-likeness (QED) is 0.798. The third-order valence-corrected chi connectivity index (χ3v) is 2.83.